The summed E-state index contributed by atoms with van der Waals surface area (Å²) < 4.78 is 16.0. The van der Waals surface area contributed by atoms with Gasteiger partial charge in [-0.15, -0.1) is 0 Å². The van der Waals surface area contributed by atoms with Crippen LogP contribution in [-0.4, -0.2) is 59.9 Å². The largest absolute Gasteiger partial charge is 0.497 e. The van der Waals surface area contributed by atoms with E-state index in [0.717, 1.165) is 17.3 Å². The number of methoxy groups -OCH3 is 3. The van der Waals surface area contributed by atoms with Gasteiger partial charge in [0.15, 0.2) is 17.5 Å². The second kappa shape index (κ2) is 11.2. The van der Waals surface area contributed by atoms with Gasteiger partial charge in [-0.05, 0) is 49.5 Å². The second-order valence-corrected chi connectivity index (χ2v) is 6.75. The monoisotopic (exact) mass is 400 g/mol. The SMILES string of the molecule is CN=C(NCc1ccc(OC)c(OC)c1)NCC(c1cccc(OC)c1)N(C)C. The number of likely N-dealkylation sites (N-methyl/N-ethyl adjacent to an activating group) is 1. The molecule has 0 spiro atoms. The van der Waals surface area contributed by atoms with Gasteiger partial charge in [-0.25, -0.2) is 0 Å². The summed E-state index contributed by atoms with van der Waals surface area (Å²) in [5, 5.41) is 6.75. The Bertz CT molecular complexity index is 808. The van der Waals surface area contributed by atoms with E-state index in [0.29, 0.717) is 24.6 Å². The van der Waals surface area contributed by atoms with Crippen molar-refractivity contribution in [3.05, 3.63) is 53.6 Å². The highest BCUT2D eigenvalue weighted by Gasteiger charge is 2.15. The smallest absolute Gasteiger partial charge is 0.191 e. The summed E-state index contributed by atoms with van der Waals surface area (Å²) in [6.07, 6.45) is 0. The lowest BCUT2D eigenvalue weighted by Crippen LogP contribution is -2.41. The van der Waals surface area contributed by atoms with Gasteiger partial charge in [-0.3, -0.25) is 4.99 Å². The average Bonchev–Trinajstić information content (AvgIpc) is 2.75. The minimum Gasteiger partial charge on any atom is -0.497 e. The van der Waals surface area contributed by atoms with Crippen LogP contribution in [0.25, 0.3) is 0 Å². The Balaban J connectivity index is 1.99. The van der Waals surface area contributed by atoms with Gasteiger partial charge in [0.1, 0.15) is 5.75 Å². The van der Waals surface area contributed by atoms with E-state index in [1.807, 2.05) is 30.3 Å². The molecule has 0 bridgehead atoms. The fourth-order valence-corrected chi connectivity index (χ4v) is 3.04. The molecule has 0 aromatic heterocycles. The van der Waals surface area contributed by atoms with E-state index >= 15 is 0 Å². The standard InChI is InChI=1S/C22H32N4O3/c1-23-22(24-14-16-10-11-20(28-5)21(12-16)29-6)25-15-19(26(2)3)17-8-7-9-18(13-17)27-4/h7-13,19H,14-15H2,1-6H3,(H2,23,24,25). The molecule has 158 valence electrons. The number of hydrogen-bond acceptors (Lipinski definition) is 5. The van der Waals surface area contributed by atoms with E-state index in [2.05, 4.69) is 46.8 Å². The second-order valence-electron chi connectivity index (χ2n) is 6.75. The lowest BCUT2D eigenvalue weighted by molar-refractivity contribution is 0.297. The van der Waals surface area contributed by atoms with Crippen molar-refractivity contribution in [3.8, 4) is 17.2 Å². The Hall–Kier alpha value is -2.93. The van der Waals surface area contributed by atoms with Crippen LogP contribution in [0.5, 0.6) is 17.2 Å². The molecule has 2 aromatic carbocycles. The van der Waals surface area contributed by atoms with Gasteiger partial charge in [0.25, 0.3) is 0 Å². The molecule has 29 heavy (non-hydrogen) atoms. The lowest BCUT2D eigenvalue weighted by atomic mass is 10.1. The summed E-state index contributed by atoms with van der Waals surface area (Å²) in [4.78, 5) is 6.50. The number of hydrogen-bond donors (Lipinski definition) is 2. The number of benzene rings is 2. The first-order valence-electron chi connectivity index (χ1n) is 9.48. The summed E-state index contributed by atoms with van der Waals surface area (Å²) in [5.41, 5.74) is 2.25. The Labute approximate surface area is 173 Å². The third-order valence-corrected chi connectivity index (χ3v) is 4.70. The quantitative estimate of drug-likeness (QED) is 0.498. The van der Waals surface area contributed by atoms with Gasteiger partial charge >= 0.3 is 0 Å². The van der Waals surface area contributed by atoms with Crippen molar-refractivity contribution in [2.24, 2.45) is 4.99 Å². The van der Waals surface area contributed by atoms with E-state index in [1.54, 1.807) is 28.4 Å². The highest BCUT2D eigenvalue weighted by atomic mass is 16.5. The van der Waals surface area contributed by atoms with Crippen LogP contribution in [0.4, 0.5) is 0 Å². The molecule has 7 heteroatoms. The molecule has 0 aliphatic heterocycles. The molecule has 0 aliphatic rings. The zero-order chi connectivity index (χ0) is 21.2. The van der Waals surface area contributed by atoms with Gasteiger partial charge in [0, 0.05) is 20.1 Å². The minimum atomic E-state index is 0.171. The van der Waals surface area contributed by atoms with Crippen LogP contribution in [0.15, 0.2) is 47.5 Å². The summed E-state index contributed by atoms with van der Waals surface area (Å²) >= 11 is 0. The molecule has 0 saturated heterocycles. The Kier molecular flexibility index (Phi) is 8.61. The van der Waals surface area contributed by atoms with E-state index < -0.39 is 0 Å². The van der Waals surface area contributed by atoms with Gasteiger partial charge < -0.3 is 29.7 Å². The van der Waals surface area contributed by atoms with E-state index in [9.17, 15) is 0 Å². The first kappa shape index (κ1) is 22.4. The zero-order valence-electron chi connectivity index (χ0n) is 18.2. The third-order valence-electron chi connectivity index (χ3n) is 4.70. The van der Waals surface area contributed by atoms with Crippen LogP contribution in [-0.2, 0) is 6.54 Å². The maximum Gasteiger partial charge on any atom is 0.191 e. The Morgan fingerprint density at radius 2 is 1.72 bits per heavy atom. The van der Waals surface area contributed by atoms with E-state index in [4.69, 9.17) is 14.2 Å². The highest BCUT2D eigenvalue weighted by molar-refractivity contribution is 5.79. The molecule has 0 radical (unpaired) electrons. The molecule has 2 rings (SSSR count). The van der Waals surface area contributed by atoms with Gasteiger partial charge in [-0.2, -0.15) is 0 Å². The molecule has 0 saturated carbocycles. The molecule has 0 fully saturated rings. The molecule has 7 nitrogen and oxygen atoms in total. The third kappa shape index (κ3) is 6.29. The topological polar surface area (TPSA) is 67.4 Å². The maximum atomic E-state index is 5.37. The number of nitrogens with one attached hydrogen (secondary N) is 2. The number of rotatable bonds is 9. The summed E-state index contributed by atoms with van der Waals surface area (Å²) in [5.74, 6) is 3.01. The molecular weight excluding hydrogens is 368 g/mol. The van der Waals surface area contributed by atoms with Crippen molar-refractivity contribution in [2.45, 2.75) is 12.6 Å². The van der Waals surface area contributed by atoms with E-state index in [1.165, 1.54) is 5.56 Å². The minimum absolute atomic E-state index is 0.171. The predicted octanol–water partition coefficient (Wildman–Crippen LogP) is 2.68. The number of aliphatic imine (C=N–C) groups is 1. The summed E-state index contributed by atoms with van der Waals surface area (Å²) in [6.45, 7) is 1.32. The Morgan fingerprint density at radius 1 is 0.966 bits per heavy atom. The molecule has 0 amide bonds. The molecule has 2 N–H and O–H groups in total. The van der Waals surface area contributed by atoms with Gasteiger partial charge in [0.2, 0.25) is 0 Å². The first-order chi connectivity index (χ1) is 14.0. The van der Waals surface area contributed by atoms with Crippen molar-refractivity contribution < 1.29 is 14.2 Å². The van der Waals surface area contributed by atoms with Crippen LogP contribution in [0, 0.1) is 0 Å². The van der Waals surface area contributed by atoms with Crippen molar-refractivity contribution in [1.29, 1.82) is 0 Å². The number of ether oxygens (including phenoxy) is 3. The zero-order valence-corrected chi connectivity index (χ0v) is 18.2. The summed E-state index contributed by atoms with van der Waals surface area (Å²) in [7, 11) is 10.8. The van der Waals surface area contributed by atoms with Gasteiger partial charge in [-0.1, -0.05) is 18.2 Å². The molecule has 1 unspecified atom stereocenters. The molecular formula is C22H32N4O3. The first-order valence-corrected chi connectivity index (χ1v) is 9.48. The van der Waals surface area contributed by atoms with E-state index in [-0.39, 0.29) is 6.04 Å². The summed E-state index contributed by atoms with van der Waals surface area (Å²) in [6, 6.07) is 14.2. The fraction of sp³-hybridized carbons (Fsp3) is 0.409. The number of guanidine groups is 1. The van der Waals surface area contributed by atoms with Crippen molar-refractivity contribution in [2.75, 3.05) is 49.0 Å². The molecule has 1 atom stereocenters. The van der Waals surface area contributed by atoms with Crippen LogP contribution < -0.4 is 24.8 Å². The van der Waals surface area contributed by atoms with Crippen LogP contribution in [0.1, 0.15) is 17.2 Å². The molecule has 0 heterocycles. The molecule has 2 aromatic rings. The highest BCUT2D eigenvalue weighted by Crippen LogP contribution is 2.27. The van der Waals surface area contributed by atoms with Crippen LogP contribution >= 0.6 is 0 Å². The van der Waals surface area contributed by atoms with Crippen molar-refractivity contribution in [3.63, 3.8) is 0 Å². The predicted molar refractivity (Wildman–Crippen MR) is 117 cm³/mol. The average molecular weight is 401 g/mol. The van der Waals surface area contributed by atoms with Crippen LogP contribution in [0.2, 0.25) is 0 Å². The number of nitrogens with zero attached hydrogens (tertiary/aromatic N) is 2. The normalized spacial score (nSPS) is 12.4. The van der Waals surface area contributed by atoms with Crippen molar-refractivity contribution >= 4 is 5.96 Å². The molecule has 0 aliphatic carbocycles. The Morgan fingerprint density at radius 3 is 2.34 bits per heavy atom. The van der Waals surface area contributed by atoms with Crippen LogP contribution in [0.3, 0.4) is 0 Å². The van der Waals surface area contributed by atoms with Crippen molar-refractivity contribution in [1.82, 2.24) is 15.5 Å². The lowest BCUT2D eigenvalue weighted by Gasteiger charge is -2.26. The fourth-order valence-electron chi connectivity index (χ4n) is 3.04. The van der Waals surface area contributed by atoms with Gasteiger partial charge in [0.05, 0.1) is 27.4 Å². The maximum absolute atomic E-state index is 5.37.